The molecule has 46 heavy (non-hydrogen) atoms. The van der Waals surface area contributed by atoms with E-state index in [2.05, 4.69) is 91.7 Å². The Hall–Kier alpha value is -4.56. The van der Waals surface area contributed by atoms with Crippen LogP contribution in [0.15, 0.2) is 90.9 Å². The van der Waals surface area contributed by atoms with Crippen molar-refractivity contribution < 1.29 is 14.3 Å². The van der Waals surface area contributed by atoms with Gasteiger partial charge in [-0.1, -0.05) is 55.5 Å². The van der Waals surface area contributed by atoms with Crippen LogP contribution in [0.4, 0.5) is 0 Å². The molecule has 1 aliphatic carbocycles. The quantitative estimate of drug-likeness (QED) is 0.185. The first-order valence-corrected chi connectivity index (χ1v) is 16.3. The predicted octanol–water partition coefficient (Wildman–Crippen LogP) is 6.96. The van der Waals surface area contributed by atoms with Gasteiger partial charge in [-0.25, -0.2) is 9.48 Å². The van der Waals surface area contributed by atoms with Crippen molar-refractivity contribution in [2.24, 2.45) is 11.7 Å². The summed E-state index contributed by atoms with van der Waals surface area (Å²) >= 11 is 0. The summed E-state index contributed by atoms with van der Waals surface area (Å²) in [6, 6.07) is 25.8. The Morgan fingerprint density at radius 1 is 1.09 bits per heavy atom. The zero-order chi connectivity index (χ0) is 32.4. The topological polar surface area (TPSA) is 94.6 Å². The first-order valence-electron chi connectivity index (χ1n) is 16.3. The second-order valence-electron chi connectivity index (χ2n) is 12.9. The highest BCUT2D eigenvalue weighted by atomic mass is 16.5. The van der Waals surface area contributed by atoms with Gasteiger partial charge in [-0.05, 0) is 74.6 Å². The van der Waals surface area contributed by atoms with E-state index in [1.807, 2.05) is 37.0 Å². The minimum atomic E-state index is -0.357. The molecule has 2 heterocycles. The summed E-state index contributed by atoms with van der Waals surface area (Å²) in [6.45, 7) is 10.3. The minimum Gasteiger partial charge on any atom is -0.486 e. The Morgan fingerprint density at radius 3 is 2.61 bits per heavy atom. The first kappa shape index (κ1) is 31.4. The Labute approximate surface area is 272 Å². The van der Waals surface area contributed by atoms with E-state index in [9.17, 15) is 4.79 Å². The van der Waals surface area contributed by atoms with Crippen LogP contribution in [0.25, 0.3) is 16.8 Å². The first-order chi connectivity index (χ1) is 22.2. The molecule has 1 aromatic heterocycles. The summed E-state index contributed by atoms with van der Waals surface area (Å²) in [7, 11) is 1.84. The van der Waals surface area contributed by atoms with E-state index >= 15 is 0 Å². The normalized spacial score (nSPS) is 20.7. The van der Waals surface area contributed by atoms with Crippen LogP contribution in [0.1, 0.15) is 79.7 Å². The number of hydrogen-bond acceptors (Lipinski definition) is 7. The van der Waals surface area contributed by atoms with Gasteiger partial charge in [-0.15, -0.1) is 0 Å². The molecule has 0 radical (unpaired) electrons. The number of benzene rings is 3. The fraction of sp³-hybridized carbons (Fsp3) is 0.368. The van der Waals surface area contributed by atoms with Crippen molar-refractivity contribution in [3.8, 4) is 22.6 Å². The number of fused-ring (bicyclic) bond motifs is 1. The fourth-order valence-corrected chi connectivity index (χ4v) is 6.95. The number of carbonyl (C=O) groups excluding carboxylic acids is 1. The number of nitrogens with two attached hydrogens (primary N) is 1. The fourth-order valence-electron chi connectivity index (χ4n) is 6.95. The second kappa shape index (κ2) is 13.0. The summed E-state index contributed by atoms with van der Waals surface area (Å²) in [5, 5.41) is 7.72. The zero-order valence-corrected chi connectivity index (χ0v) is 27.5. The molecule has 6 rings (SSSR count). The Morgan fingerprint density at radius 2 is 1.85 bits per heavy atom. The molecule has 1 saturated carbocycles. The molecule has 2 unspecified atom stereocenters. The molecule has 3 aromatic carbocycles. The zero-order valence-electron chi connectivity index (χ0n) is 27.5. The Balaban J connectivity index is 1.31. The number of nitrogens with one attached hydrogen (secondary N) is 1. The van der Waals surface area contributed by atoms with Crippen molar-refractivity contribution in [1.29, 1.82) is 0 Å². The lowest BCUT2D eigenvalue weighted by Gasteiger charge is -2.33. The molecular weight excluding hydrogens is 574 g/mol. The van der Waals surface area contributed by atoms with Crippen molar-refractivity contribution in [2.45, 2.75) is 64.6 Å². The molecule has 0 bridgehead atoms. The van der Waals surface area contributed by atoms with Crippen molar-refractivity contribution in [3.05, 3.63) is 113 Å². The summed E-state index contributed by atoms with van der Waals surface area (Å²) in [6.07, 6.45) is 5.30. The van der Waals surface area contributed by atoms with Gasteiger partial charge in [0.25, 0.3) is 0 Å². The highest BCUT2D eigenvalue weighted by molar-refractivity contribution is 5.91. The van der Waals surface area contributed by atoms with Crippen LogP contribution in [0, 0.1) is 5.92 Å². The lowest BCUT2D eigenvalue weighted by Crippen LogP contribution is -2.41. The third-order valence-electron chi connectivity index (χ3n) is 8.99. The average Bonchev–Trinajstić information content (AvgIpc) is 3.73. The Bertz CT molecular complexity index is 1740. The average molecular weight is 620 g/mol. The van der Waals surface area contributed by atoms with Gasteiger partial charge in [0, 0.05) is 55.5 Å². The van der Waals surface area contributed by atoms with Crippen molar-refractivity contribution in [2.75, 3.05) is 20.2 Å². The number of allylic oxidation sites excluding steroid dienone is 1. The molecule has 3 atom stereocenters. The van der Waals surface area contributed by atoms with Gasteiger partial charge < -0.3 is 20.5 Å². The summed E-state index contributed by atoms with van der Waals surface area (Å²) in [5.41, 5.74) is 13.7. The monoisotopic (exact) mass is 619 g/mol. The molecular formula is C38H45N5O3. The van der Waals surface area contributed by atoms with Crippen LogP contribution in [0.2, 0.25) is 0 Å². The molecule has 3 N–H and O–H groups in total. The lowest BCUT2D eigenvalue weighted by atomic mass is 9.99. The number of hydrogen-bond donors (Lipinski definition) is 2. The minimum absolute atomic E-state index is 0.0805. The number of aromatic nitrogens is 2. The molecule has 2 aliphatic rings. The third-order valence-corrected chi connectivity index (χ3v) is 8.99. The van der Waals surface area contributed by atoms with Crippen LogP contribution in [-0.4, -0.2) is 46.5 Å². The van der Waals surface area contributed by atoms with Crippen LogP contribution in [0.3, 0.4) is 0 Å². The number of rotatable bonds is 10. The van der Waals surface area contributed by atoms with E-state index in [1.54, 1.807) is 6.20 Å². The maximum Gasteiger partial charge on any atom is 0.341 e. The van der Waals surface area contributed by atoms with E-state index in [1.165, 1.54) is 11.1 Å². The SMILES string of the molecule is CCOC(=O)c1cnn(-c2cccc(-c3cccc(CN4CC(C)(C)Oc5ccccc5C4CC)c3)c2)c1[C@@H]1CC1/C(N)=C/NC. The summed E-state index contributed by atoms with van der Waals surface area (Å²) < 4.78 is 13.8. The molecule has 4 aromatic rings. The molecule has 240 valence electrons. The second-order valence-corrected chi connectivity index (χ2v) is 12.9. The van der Waals surface area contributed by atoms with Gasteiger partial charge in [-0.3, -0.25) is 4.90 Å². The van der Waals surface area contributed by atoms with E-state index < -0.39 is 0 Å². The van der Waals surface area contributed by atoms with Gasteiger partial charge in [-0.2, -0.15) is 5.10 Å². The van der Waals surface area contributed by atoms with Crippen LogP contribution in [0.5, 0.6) is 5.75 Å². The smallest absolute Gasteiger partial charge is 0.341 e. The van der Waals surface area contributed by atoms with E-state index in [0.717, 1.165) is 59.9 Å². The van der Waals surface area contributed by atoms with Crippen LogP contribution in [-0.2, 0) is 11.3 Å². The molecule has 8 heteroatoms. The predicted molar refractivity (Wildman–Crippen MR) is 182 cm³/mol. The van der Waals surface area contributed by atoms with Crippen LogP contribution >= 0.6 is 0 Å². The standard InChI is InChI=1S/C38H45N5O3/c1-6-34-29-16-8-9-17-35(29)46-38(3,4)24-42(34)23-25-12-10-13-26(18-25)27-14-11-15-28(19-27)43-36(31-20-30(31)33(39)22-40-5)32(21-41-43)37(44)45-7-2/h8-19,21-22,30-31,34,40H,6-7,20,23-24,39H2,1-5H3/b33-22-/t30?,31-,34?/m1/s1. The Kier molecular flexibility index (Phi) is 8.91. The van der Waals surface area contributed by atoms with E-state index in [4.69, 9.17) is 20.3 Å². The van der Waals surface area contributed by atoms with Gasteiger partial charge in [0.1, 0.15) is 16.9 Å². The molecule has 8 nitrogen and oxygen atoms in total. The van der Waals surface area contributed by atoms with Gasteiger partial charge in [0.05, 0.1) is 24.2 Å². The largest absolute Gasteiger partial charge is 0.486 e. The number of nitrogens with zero attached hydrogens (tertiary/aromatic N) is 3. The number of carbonyl (C=O) groups is 1. The third kappa shape index (κ3) is 6.40. The molecule has 0 spiro atoms. The molecule has 0 amide bonds. The lowest BCUT2D eigenvalue weighted by molar-refractivity contribution is 0.0523. The number of ether oxygens (including phenoxy) is 2. The molecule has 1 fully saturated rings. The highest BCUT2D eigenvalue weighted by Gasteiger charge is 2.45. The number of para-hydroxylation sites is 1. The van der Waals surface area contributed by atoms with Crippen LogP contribution < -0.4 is 15.8 Å². The van der Waals surface area contributed by atoms with Gasteiger partial charge in [0.15, 0.2) is 0 Å². The van der Waals surface area contributed by atoms with Gasteiger partial charge in [0.2, 0.25) is 0 Å². The van der Waals surface area contributed by atoms with Crippen molar-refractivity contribution >= 4 is 5.97 Å². The van der Waals surface area contributed by atoms with E-state index in [-0.39, 0.29) is 29.4 Å². The maximum absolute atomic E-state index is 13.0. The molecule has 1 aliphatic heterocycles. The number of esters is 1. The van der Waals surface area contributed by atoms with E-state index in [0.29, 0.717) is 12.2 Å². The van der Waals surface area contributed by atoms with Gasteiger partial charge >= 0.3 is 5.97 Å². The van der Waals surface area contributed by atoms with Crippen molar-refractivity contribution in [1.82, 2.24) is 20.0 Å². The highest BCUT2D eigenvalue weighted by Crippen LogP contribution is 2.52. The maximum atomic E-state index is 13.0. The summed E-state index contributed by atoms with van der Waals surface area (Å²) in [5.74, 6) is 0.848. The molecule has 0 saturated heterocycles. The summed E-state index contributed by atoms with van der Waals surface area (Å²) in [4.78, 5) is 15.5. The van der Waals surface area contributed by atoms with Crippen molar-refractivity contribution in [3.63, 3.8) is 0 Å².